The Kier molecular flexibility index (Phi) is 4.96. The highest BCUT2D eigenvalue weighted by Gasteiger charge is 2.29. The Morgan fingerprint density at radius 1 is 1.23 bits per heavy atom. The van der Waals surface area contributed by atoms with Crippen molar-refractivity contribution >= 4 is 11.6 Å². The van der Waals surface area contributed by atoms with E-state index in [1.54, 1.807) is 0 Å². The highest BCUT2D eigenvalue weighted by atomic mass is 16.2. The van der Waals surface area contributed by atoms with E-state index in [1.807, 2.05) is 35.9 Å². The number of amides is 1. The van der Waals surface area contributed by atoms with Crippen molar-refractivity contribution in [1.82, 2.24) is 24.5 Å². The summed E-state index contributed by atoms with van der Waals surface area (Å²) in [6.45, 7) is 6.52. The van der Waals surface area contributed by atoms with Crippen molar-refractivity contribution in [3.8, 4) is 0 Å². The third-order valence-corrected chi connectivity index (χ3v) is 5.84. The van der Waals surface area contributed by atoms with Gasteiger partial charge in [-0.05, 0) is 77.0 Å². The third kappa shape index (κ3) is 3.76. The van der Waals surface area contributed by atoms with Crippen LogP contribution in [0.3, 0.4) is 0 Å². The normalized spacial score (nSPS) is 23.4. The van der Waals surface area contributed by atoms with Crippen LogP contribution in [-0.4, -0.2) is 70.4 Å². The van der Waals surface area contributed by atoms with Crippen molar-refractivity contribution in [1.29, 1.82) is 0 Å². The van der Waals surface area contributed by atoms with Crippen molar-refractivity contribution in [2.24, 2.45) is 0 Å². The van der Waals surface area contributed by atoms with Gasteiger partial charge in [-0.3, -0.25) is 9.69 Å². The first-order valence-electron chi connectivity index (χ1n) is 9.77. The molecule has 2 aromatic heterocycles. The Hall–Kier alpha value is -1.92. The number of nitrogens with zero attached hydrogens (tertiary/aromatic N) is 4. The lowest BCUT2D eigenvalue weighted by Crippen LogP contribution is -2.53. The van der Waals surface area contributed by atoms with Gasteiger partial charge in [-0.1, -0.05) is 0 Å². The van der Waals surface area contributed by atoms with Gasteiger partial charge in [0.2, 0.25) is 0 Å². The number of nitrogens with one attached hydrogen (secondary N) is 1. The molecule has 0 spiro atoms. The van der Waals surface area contributed by atoms with Gasteiger partial charge in [0, 0.05) is 31.0 Å². The molecule has 140 valence electrons. The zero-order valence-electron chi connectivity index (χ0n) is 15.8. The molecule has 2 saturated heterocycles. The van der Waals surface area contributed by atoms with Gasteiger partial charge >= 0.3 is 0 Å². The second-order valence-electron chi connectivity index (χ2n) is 7.94. The predicted molar refractivity (Wildman–Crippen MR) is 103 cm³/mol. The number of fused-ring (bicyclic) bond motifs is 1. The zero-order valence-corrected chi connectivity index (χ0v) is 15.8. The van der Waals surface area contributed by atoms with Crippen LogP contribution in [0.15, 0.2) is 24.5 Å². The van der Waals surface area contributed by atoms with Gasteiger partial charge < -0.3 is 14.6 Å². The topological polar surface area (TPSA) is 52.9 Å². The molecular formula is C20H29N5O. The monoisotopic (exact) mass is 355 g/mol. The average molecular weight is 355 g/mol. The first-order valence-corrected chi connectivity index (χ1v) is 9.77. The zero-order chi connectivity index (χ0) is 18.1. The summed E-state index contributed by atoms with van der Waals surface area (Å²) in [5.74, 6) is -0.0541. The van der Waals surface area contributed by atoms with E-state index in [9.17, 15) is 4.79 Å². The molecule has 0 radical (unpaired) electrons. The number of hydrogen-bond acceptors (Lipinski definition) is 4. The molecule has 0 aliphatic carbocycles. The molecule has 1 unspecified atom stereocenters. The largest absolute Gasteiger partial charge is 0.347 e. The summed E-state index contributed by atoms with van der Waals surface area (Å²) in [6.07, 6.45) is 8.47. The fourth-order valence-corrected chi connectivity index (χ4v) is 4.27. The molecule has 0 bridgehead atoms. The molecule has 2 fully saturated rings. The summed E-state index contributed by atoms with van der Waals surface area (Å²) in [4.78, 5) is 22.2. The Morgan fingerprint density at radius 3 is 2.85 bits per heavy atom. The minimum Gasteiger partial charge on any atom is -0.347 e. The van der Waals surface area contributed by atoms with Crippen molar-refractivity contribution < 1.29 is 4.79 Å². The lowest BCUT2D eigenvalue weighted by molar-refractivity contribution is 0.0763. The number of carbonyl (C=O) groups is 1. The quantitative estimate of drug-likeness (QED) is 0.914. The maximum atomic E-state index is 12.7. The molecule has 1 amide bonds. The SMILES string of the molecule is Cc1ccn2cc(C(=O)NC3CCCN(C4CCN(C)CC4)C3)nc2c1. The molecule has 4 rings (SSSR count). The number of aromatic nitrogens is 2. The number of rotatable bonds is 3. The maximum Gasteiger partial charge on any atom is 0.271 e. The fourth-order valence-electron chi connectivity index (χ4n) is 4.27. The van der Waals surface area contributed by atoms with Gasteiger partial charge in [0.25, 0.3) is 5.91 Å². The number of likely N-dealkylation sites (tertiary alicyclic amines) is 2. The summed E-state index contributed by atoms with van der Waals surface area (Å²) >= 11 is 0. The Labute approximate surface area is 155 Å². The van der Waals surface area contributed by atoms with Crippen LogP contribution < -0.4 is 5.32 Å². The first kappa shape index (κ1) is 17.5. The Balaban J connectivity index is 1.38. The number of piperidine rings is 2. The minimum atomic E-state index is -0.0541. The predicted octanol–water partition coefficient (Wildman–Crippen LogP) is 1.93. The Bertz CT molecular complexity index is 778. The number of carbonyl (C=O) groups excluding carboxylic acids is 1. The van der Waals surface area contributed by atoms with Gasteiger partial charge in [-0.2, -0.15) is 0 Å². The lowest BCUT2D eigenvalue weighted by atomic mass is 9.98. The van der Waals surface area contributed by atoms with Gasteiger partial charge in [0.05, 0.1) is 0 Å². The second-order valence-corrected chi connectivity index (χ2v) is 7.94. The average Bonchev–Trinajstić information content (AvgIpc) is 3.06. The molecule has 6 nitrogen and oxygen atoms in total. The van der Waals surface area contributed by atoms with E-state index >= 15 is 0 Å². The van der Waals surface area contributed by atoms with Crippen molar-refractivity contribution in [3.63, 3.8) is 0 Å². The molecule has 6 heteroatoms. The molecule has 26 heavy (non-hydrogen) atoms. The smallest absolute Gasteiger partial charge is 0.271 e. The standard InChI is InChI=1S/C20H29N5O/c1-15-5-11-25-14-18(22-19(25)12-15)20(26)21-16-4-3-8-24(13-16)17-6-9-23(2)10-7-17/h5,11-12,14,16-17H,3-4,6-10,13H2,1-2H3,(H,21,26). The fraction of sp³-hybridized carbons (Fsp3) is 0.600. The van der Waals surface area contributed by atoms with E-state index in [-0.39, 0.29) is 11.9 Å². The van der Waals surface area contributed by atoms with E-state index in [0.29, 0.717) is 11.7 Å². The molecule has 2 aliphatic rings. The molecule has 0 aromatic carbocycles. The summed E-state index contributed by atoms with van der Waals surface area (Å²) in [7, 11) is 2.20. The van der Waals surface area contributed by atoms with E-state index < -0.39 is 0 Å². The molecule has 2 aliphatic heterocycles. The van der Waals surface area contributed by atoms with Gasteiger partial charge in [0.15, 0.2) is 0 Å². The van der Waals surface area contributed by atoms with Crippen LogP contribution in [0.4, 0.5) is 0 Å². The van der Waals surface area contributed by atoms with Crippen LogP contribution >= 0.6 is 0 Å². The molecule has 0 saturated carbocycles. The first-order chi connectivity index (χ1) is 12.6. The summed E-state index contributed by atoms with van der Waals surface area (Å²) in [6, 6.07) is 4.92. The number of pyridine rings is 1. The lowest BCUT2D eigenvalue weighted by Gasteiger charge is -2.41. The van der Waals surface area contributed by atoms with E-state index in [0.717, 1.165) is 37.1 Å². The highest BCUT2D eigenvalue weighted by Crippen LogP contribution is 2.21. The van der Waals surface area contributed by atoms with Crippen LogP contribution in [0, 0.1) is 6.92 Å². The van der Waals surface area contributed by atoms with E-state index in [2.05, 4.69) is 27.1 Å². The highest BCUT2D eigenvalue weighted by molar-refractivity contribution is 5.93. The molecule has 1 N–H and O–H groups in total. The van der Waals surface area contributed by atoms with Gasteiger partial charge in [-0.15, -0.1) is 0 Å². The van der Waals surface area contributed by atoms with E-state index in [1.165, 1.54) is 25.9 Å². The third-order valence-electron chi connectivity index (χ3n) is 5.84. The van der Waals surface area contributed by atoms with Gasteiger partial charge in [0.1, 0.15) is 11.3 Å². The van der Waals surface area contributed by atoms with Gasteiger partial charge in [-0.25, -0.2) is 4.98 Å². The molecule has 4 heterocycles. The van der Waals surface area contributed by atoms with Crippen LogP contribution in [0.1, 0.15) is 41.7 Å². The summed E-state index contributed by atoms with van der Waals surface area (Å²) in [5.41, 5.74) is 2.48. The van der Waals surface area contributed by atoms with Crippen molar-refractivity contribution in [2.75, 3.05) is 33.2 Å². The maximum absolute atomic E-state index is 12.7. The minimum absolute atomic E-state index is 0.0541. The summed E-state index contributed by atoms with van der Waals surface area (Å²) < 4.78 is 1.91. The second kappa shape index (κ2) is 7.37. The van der Waals surface area contributed by atoms with Crippen LogP contribution in [0.5, 0.6) is 0 Å². The molecular weight excluding hydrogens is 326 g/mol. The van der Waals surface area contributed by atoms with E-state index in [4.69, 9.17) is 0 Å². The van der Waals surface area contributed by atoms with Crippen LogP contribution in [-0.2, 0) is 0 Å². The molecule has 1 atom stereocenters. The van der Waals surface area contributed by atoms with Crippen LogP contribution in [0.2, 0.25) is 0 Å². The van der Waals surface area contributed by atoms with Crippen LogP contribution in [0.25, 0.3) is 5.65 Å². The Morgan fingerprint density at radius 2 is 2.04 bits per heavy atom. The summed E-state index contributed by atoms with van der Waals surface area (Å²) in [5, 5.41) is 3.22. The van der Waals surface area contributed by atoms with Crippen molar-refractivity contribution in [3.05, 3.63) is 35.8 Å². The number of hydrogen-bond donors (Lipinski definition) is 1. The number of aryl methyl sites for hydroxylation is 1. The number of imidazole rings is 1. The van der Waals surface area contributed by atoms with Crippen molar-refractivity contribution in [2.45, 2.75) is 44.7 Å². The molecule has 2 aromatic rings.